The first-order chi connectivity index (χ1) is 6.56. The molecule has 0 heterocycles. The minimum absolute atomic E-state index is 0.280. The Bertz CT molecular complexity index is 332. The summed E-state index contributed by atoms with van der Waals surface area (Å²) < 4.78 is 5.21. The summed E-state index contributed by atoms with van der Waals surface area (Å²) in [5.74, 6) is 0.280. The van der Waals surface area contributed by atoms with E-state index in [2.05, 4.69) is 19.1 Å². The maximum Gasteiger partial charge on any atom is 0.213 e. The molecule has 0 saturated carbocycles. The first-order valence-corrected chi connectivity index (χ1v) is 4.85. The summed E-state index contributed by atoms with van der Waals surface area (Å²) in [6.45, 7) is 8.54. The van der Waals surface area contributed by atoms with Crippen molar-refractivity contribution in [2.45, 2.75) is 27.7 Å². The van der Waals surface area contributed by atoms with Crippen molar-refractivity contribution >= 4 is 5.90 Å². The van der Waals surface area contributed by atoms with Crippen LogP contribution in [0.25, 0.3) is 0 Å². The van der Waals surface area contributed by atoms with Crippen LogP contribution >= 0.6 is 0 Å². The van der Waals surface area contributed by atoms with Gasteiger partial charge in [-0.05, 0) is 38.8 Å². The van der Waals surface area contributed by atoms with Gasteiger partial charge in [-0.15, -0.1) is 0 Å². The molecule has 0 aromatic heterocycles. The molecule has 0 fully saturated rings. The van der Waals surface area contributed by atoms with Gasteiger partial charge in [0.15, 0.2) is 0 Å². The van der Waals surface area contributed by atoms with E-state index in [1.165, 1.54) is 5.56 Å². The highest BCUT2D eigenvalue weighted by molar-refractivity contribution is 5.94. The Kier molecular flexibility index (Phi) is 3.28. The third-order valence-corrected chi connectivity index (χ3v) is 2.19. The van der Waals surface area contributed by atoms with Gasteiger partial charge in [0.05, 0.1) is 6.61 Å². The molecule has 0 unspecified atom stereocenters. The first kappa shape index (κ1) is 10.8. The zero-order valence-corrected chi connectivity index (χ0v) is 9.27. The molecule has 0 saturated heterocycles. The lowest BCUT2D eigenvalue weighted by atomic mass is 10.00. The fraction of sp³-hybridized carbons (Fsp3) is 0.417. The fourth-order valence-corrected chi connectivity index (χ4v) is 1.75. The molecular weight excluding hydrogens is 174 g/mol. The van der Waals surface area contributed by atoms with Crippen molar-refractivity contribution in [1.29, 1.82) is 5.41 Å². The Morgan fingerprint density at radius 1 is 1.21 bits per heavy atom. The van der Waals surface area contributed by atoms with Crippen molar-refractivity contribution in [3.63, 3.8) is 0 Å². The average Bonchev–Trinajstić information content (AvgIpc) is 2.01. The molecule has 0 bridgehead atoms. The van der Waals surface area contributed by atoms with Crippen molar-refractivity contribution in [1.82, 2.24) is 0 Å². The summed E-state index contributed by atoms with van der Waals surface area (Å²) in [6.07, 6.45) is 0. The first-order valence-electron chi connectivity index (χ1n) is 4.85. The lowest BCUT2D eigenvalue weighted by Gasteiger charge is -2.12. The second kappa shape index (κ2) is 4.27. The SMILES string of the molecule is CCOC(=N)c1c(C)cc(C)cc1C. The number of rotatable bonds is 2. The van der Waals surface area contributed by atoms with Crippen LogP contribution in [0.4, 0.5) is 0 Å². The third kappa shape index (κ3) is 2.13. The Balaban J connectivity index is 3.14. The zero-order chi connectivity index (χ0) is 10.7. The smallest absolute Gasteiger partial charge is 0.213 e. The molecule has 0 aliphatic rings. The third-order valence-electron chi connectivity index (χ3n) is 2.19. The van der Waals surface area contributed by atoms with Crippen LogP contribution in [0.5, 0.6) is 0 Å². The van der Waals surface area contributed by atoms with Gasteiger partial charge in [-0.1, -0.05) is 17.7 Å². The Hall–Kier alpha value is -1.31. The van der Waals surface area contributed by atoms with E-state index in [0.29, 0.717) is 6.61 Å². The monoisotopic (exact) mass is 191 g/mol. The van der Waals surface area contributed by atoms with Crippen molar-refractivity contribution in [2.24, 2.45) is 0 Å². The lowest BCUT2D eigenvalue weighted by Crippen LogP contribution is -2.09. The molecular formula is C12H17NO. The number of hydrogen-bond acceptors (Lipinski definition) is 2. The summed E-state index contributed by atoms with van der Waals surface area (Å²) in [5, 5.41) is 7.76. The maximum atomic E-state index is 7.76. The number of hydrogen-bond donors (Lipinski definition) is 1. The van der Waals surface area contributed by atoms with Crippen LogP contribution in [0.1, 0.15) is 29.2 Å². The summed E-state index contributed by atoms with van der Waals surface area (Å²) in [4.78, 5) is 0. The summed E-state index contributed by atoms with van der Waals surface area (Å²) in [6, 6.07) is 4.16. The van der Waals surface area contributed by atoms with Crippen LogP contribution < -0.4 is 0 Å². The highest BCUT2D eigenvalue weighted by atomic mass is 16.5. The van der Waals surface area contributed by atoms with Gasteiger partial charge in [0.2, 0.25) is 5.90 Å². The Labute approximate surface area is 85.4 Å². The van der Waals surface area contributed by atoms with Gasteiger partial charge in [-0.25, -0.2) is 0 Å². The van der Waals surface area contributed by atoms with E-state index < -0.39 is 0 Å². The summed E-state index contributed by atoms with van der Waals surface area (Å²) in [7, 11) is 0. The quantitative estimate of drug-likeness (QED) is 0.565. The molecule has 0 radical (unpaired) electrons. The van der Waals surface area contributed by atoms with Crippen LogP contribution in [0, 0.1) is 26.2 Å². The molecule has 2 heteroatoms. The van der Waals surface area contributed by atoms with Gasteiger partial charge >= 0.3 is 0 Å². The van der Waals surface area contributed by atoms with E-state index in [9.17, 15) is 0 Å². The molecule has 0 spiro atoms. The van der Waals surface area contributed by atoms with Crippen LogP contribution in [0.15, 0.2) is 12.1 Å². The molecule has 76 valence electrons. The average molecular weight is 191 g/mol. The number of aryl methyl sites for hydroxylation is 3. The normalized spacial score (nSPS) is 10.0. The zero-order valence-electron chi connectivity index (χ0n) is 9.27. The van der Waals surface area contributed by atoms with Crippen molar-refractivity contribution in [2.75, 3.05) is 6.61 Å². The molecule has 0 amide bonds. The van der Waals surface area contributed by atoms with E-state index in [1.54, 1.807) is 0 Å². The second-order valence-corrected chi connectivity index (χ2v) is 3.54. The molecule has 0 atom stereocenters. The highest BCUT2D eigenvalue weighted by Gasteiger charge is 2.09. The van der Waals surface area contributed by atoms with Crippen LogP contribution in [-0.4, -0.2) is 12.5 Å². The van der Waals surface area contributed by atoms with Gasteiger partial charge in [0, 0.05) is 5.56 Å². The van der Waals surface area contributed by atoms with Crippen LogP contribution in [0.3, 0.4) is 0 Å². The summed E-state index contributed by atoms with van der Waals surface area (Å²) >= 11 is 0. The van der Waals surface area contributed by atoms with E-state index in [1.807, 2.05) is 20.8 Å². The predicted molar refractivity (Wildman–Crippen MR) is 59.1 cm³/mol. The summed E-state index contributed by atoms with van der Waals surface area (Å²) in [5.41, 5.74) is 4.38. The minimum Gasteiger partial charge on any atom is -0.478 e. The fourth-order valence-electron chi connectivity index (χ4n) is 1.75. The molecule has 14 heavy (non-hydrogen) atoms. The molecule has 1 rings (SSSR count). The second-order valence-electron chi connectivity index (χ2n) is 3.54. The number of ether oxygens (including phenoxy) is 1. The van der Waals surface area contributed by atoms with Crippen molar-refractivity contribution < 1.29 is 4.74 Å². The van der Waals surface area contributed by atoms with Gasteiger partial charge in [0.25, 0.3) is 0 Å². The molecule has 1 aromatic carbocycles. The van der Waals surface area contributed by atoms with Crippen molar-refractivity contribution in [3.05, 3.63) is 34.4 Å². The van der Waals surface area contributed by atoms with Gasteiger partial charge in [0.1, 0.15) is 0 Å². The largest absolute Gasteiger partial charge is 0.478 e. The molecule has 2 nitrogen and oxygen atoms in total. The minimum atomic E-state index is 0.280. The van der Waals surface area contributed by atoms with E-state index in [-0.39, 0.29) is 5.90 Å². The van der Waals surface area contributed by atoms with E-state index in [4.69, 9.17) is 10.1 Å². The van der Waals surface area contributed by atoms with E-state index in [0.717, 1.165) is 16.7 Å². The standard InChI is InChI=1S/C12H17NO/c1-5-14-12(13)11-9(3)6-8(2)7-10(11)4/h6-7,13H,5H2,1-4H3. The Morgan fingerprint density at radius 2 is 1.71 bits per heavy atom. The van der Waals surface area contributed by atoms with Gasteiger partial charge in [-0.2, -0.15) is 0 Å². The van der Waals surface area contributed by atoms with Crippen LogP contribution in [0.2, 0.25) is 0 Å². The Morgan fingerprint density at radius 3 is 2.14 bits per heavy atom. The predicted octanol–water partition coefficient (Wildman–Crippen LogP) is 2.97. The van der Waals surface area contributed by atoms with Crippen molar-refractivity contribution in [3.8, 4) is 0 Å². The molecule has 0 aliphatic heterocycles. The highest BCUT2D eigenvalue weighted by Crippen LogP contribution is 2.17. The topological polar surface area (TPSA) is 33.1 Å². The van der Waals surface area contributed by atoms with Crippen LogP contribution in [-0.2, 0) is 4.74 Å². The molecule has 1 N–H and O–H groups in total. The van der Waals surface area contributed by atoms with E-state index >= 15 is 0 Å². The number of nitrogens with one attached hydrogen (secondary N) is 1. The lowest BCUT2D eigenvalue weighted by molar-refractivity contribution is 0.325. The van der Waals surface area contributed by atoms with Gasteiger partial charge in [-0.3, -0.25) is 5.41 Å². The maximum absolute atomic E-state index is 7.76. The molecule has 0 aliphatic carbocycles. The molecule has 1 aromatic rings. The van der Waals surface area contributed by atoms with Gasteiger partial charge < -0.3 is 4.74 Å². The number of benzene rings is 1.